The predicted molar refractivity (Wildman–Crippen MR) is 87.4 cm³/mol. The molecule has 0 bridgehead atoms. The normalized spacial score (nSPS) is 10.2. The van der Waals surface area contributed by atoms with Crippen molar-refractivity contribution in [2.24, 2.45) is 0 Å². The number of hydrogen-bond donors (Lipinski definition) is 0. The van der Waals surface area contributed by atoms with Crippen molar-refractivity contribution >= 4 is 37.2 Å². The van der Waals surface area contributed by atoms with Gasteiger partial charge in [-0.25, -0.2) is 13.3 Å². The van der Waals surface area contributed by atoms with Crippen molar-refractivity contribution in [2.75, 3.05) is 4.90 Å². The molecule has 0 heterocycles. The first-order valence-electron chi connectivity index (χ1n) is 6.43. The molecule has 0 aliphatic heterocycles. The third-order valence-corrected chi connectivity index (χ3v) is 3.87. The van der Waals surface area contributed by atoms with E-state index in [1.165, 1.54) is 18.2 Å². The Kier molecular flexibility index (Phi) is 6.93. The summed E-state index contributed by atoms with van der Waals surface area (Å²) in [6, 6.07) is 19.0. The number of nitrogens with zero attached hydrogens (tertiary/aromatic N) is 1. The van der Waals surface area contributed by atoms with E-state index in [9.17, 15) is 18.0 Å². The molecule has 0 spiro atoms. The summed E-state index contributed by atoms with van der Waals surface area (Å²) in [5, 5.41) is 0. The van der Waals surface area contributed by atoms with Crippen LogP contribution in [0.3, 0.4) is 0 Å². The second-order valence-corrected chi connectivity index (χ2v) is 6.81. The van der Waals surface area contributed by atoms with Gasteiger partial charge in [0.15, 0.2) is 0 Å². The van der Waals surface area contributed by atoms with Gasteiger partial charge >= 0.3 is 0 Å². The number of carbonyl (C=O) groups is 2. The number of rotatable bonds is 2. The van der Waals surface area contributed by atoms with E-state index in [1.807, 2.05) is 30.3 Å². The maximum Gasteiger partial charge on any atom is 0.263 e. The van der Waals surface area contributed by atoms with E-state index in [1.54, 1.807) is 0 Å². The summed E-state index contributed by atoms with van der Waals surface area (Å²) in [6.07, 6.45) is 0. The van der Waals surface area contributed by atoms with Crippen LogP contribution in [-0.4, -0.2) is 20.2 Å². The van der Waals surface area contributed by atoms with E-state index in [0.717, 1.165) is 13.8 Å². The SMILES string of the molecule is CC(=O)N(C(C)=O)c1[c]cccc1S(=O)(=O)Cl.[c]1ccccc1. The van der Waals surface area contributed by atoms with E-state index in [0.29, 0.717) is 4.90 Å². The maximum atomic E-state index is 11.3. The number of carbonyl (C=O) groups excluding carboxylic acids is 2. The Bertz CT molecular complexity index is 735. The van der Waals surface area contributed by atoms with E-state index in [2.05, 4.69) is 12.1 Å². The molecule has 0 aliphatic rings. The minimum atomic E-state index is -4.05. The number of hydrogen-bond acceptors (Lipinski definition) is 4. The summed E-state index contributed by atoms with van der Waals surface area (Å²) in [5.74, 6) is -1.22. The molecule has 2 amide bonds. The Morgan fingerprint density at radius 1 is 1.00 bits per heavy atom. The fourth-order valence-electron chi connectivity index (χ4n) is 1.66. The van der Waals surface area contributed by atoms with Crippen LogP contribution in [0.2, 0.25) is 0 Å². The van der Waals surface area contributed by atoms with Crippen molar-refractivity contribution in [3.05, 3.63) is 60.7 Å². The van der Waals surface area contributed by atoms with Crippen LogP contribution in [0.5, 0.6) is 0 Å². The molecule has 0 unspecified atom stereocenters. The van der Waals surface area contributed by atoms with Crippen LogP contribution in [0.4, 0.5) is 5.69 Å². The smallest absolute Gasteiger partial charge is 0.263 e. The molecule has 2 rings (SSSR count). The molecular formula is C16H14ClNO4S. The van der Waals surface area contributed by atoms with Gasteiger partial charge in [-0.05, 0) is 12.1 Å². The highest BCUT2D eigenvalue weighted by Gasteiger charge is 2.24. The van der Waals surface area contributed by atoms with Gasteiger partial charge < -0.3 is 0 Å². The highest BCUT2D eigenvalue weighted by atomic mass is 35.7. The highest BCUT2D eigenvalue weighted by molar-refractivity contribution is 8.13. The Labute approximate surface area is 139 Å². The minimum Gasteiger partial charge on any atom is -0.274 e. The first-order valence-corrected chi connectivity index (χ1v) is 8.73. The Balaban J connectivity index is 0.000000366. The molecule has 5 nitrogen and oxygen atoms in total. The first kappa shape index (κ1) is 18.9. The molecule has 7 heteroatoms. The second kappa shape index (κ2) is 8.45. The molecule has 0 saturated heterocycles. The van der Waals surface area contributed by atoms with Gasteiger partial charge in [0.1, 0.15) is 4.90 Å². The molecule has 0 aliphatic carbocycles. The maximum absolute atomic E-state index is 11.3. The number of para-hydroxylation sites is 1. The monoisotopic (exact) mass is 351 g/mol. The summed E-state index contributed by atoms with van der Waals surface area (Å²) in [6.45, 7) is 2.29. The van der Waals surface area contributed by atoms with E-state index < -0.39 is 20.9 Å². The van der Waals surface area contributed by atoms with Gasteiger partial charge in [-0.15, -0.1) is 0 Å². The number of imide groups is 1. The van der Waals surface area contributed by atoms with Gasteiger partial charge in [0.05, 0.1) is 5.69 Å². The van der Waals surface area contributed by atoms with Gasteiger partial charge in [-0.2, -0.15) is 0 Å². The zero-order valence-electron chi connectivity index (χ0n) is 12.5. The lowest BCUT2D eigenvalue weighted by atomic mass is 10.3. The van der Waals surface area contributed by atoms with Crippen LogP contribution in [0.15, 0.2) is 53.4 Å². The predicted octanol–water partition coefficient (Wildman–Crippen LogP) is 2.80. The van der Waals surface area contributed by atoms with Crippen molar-refractivity contribution in [3.8, 4) is 0 Å². The summed E-state index contributed by atoms with van der Waals surface area (Å²) in [5.41, 5.74) is -0.164. The number of amides is 2. The number of halogens is 1. The molecule has 0 saturated carbocycles. The zero-order valence-corrected chi connectivity index (χ0v) is 14.1. The van der Waals surface area contributed by atoms with E-state index >= 15 is 0 Å². The van der Waals surface area contributed by atoms with Crippen LogP contribution in [0, 0.1) is 12.1 Å². The minimum absolute atomic E-state index is 0.164. The molecule has 0 N–H and O–H groups in total. The summed E-state index contributed by atoms with van der Waals surface area (Å²) in [7, 11) is 1.17. The molecular weight excluding hydrogens is 338 g/mol. The van der Waals surface area contributed by atoms with Crippen LogP contribution < -0.4 is 4.90 Å². The average Bonchev–Trinajstić information content (AvgIpc) is 2.48. The standard InChI is InChI=1S/C10H9ClNO4S.C6H5/c1-7(13)12(8(2)14)9-5-3-4-6-10(9)17(11,15)16;1-2-4-6-5-3-1/h3-4,6H,1-2H3;1-5H. The van der Waals surface area contributed by atoms with Crippen molar-refractivity contribution in [1.82, 2.24) is 0 Å². The zero-order chi connectivity index (χ0) is 17.5. The fourth-order valence-corrected chi connectivity index (χ4v) is 2.66. The van der Waals surface area contributed by atoms with Gasteiger partial charge in [0, 0.05) is 30.6 Å². The molecule has 0 aromatic heterocycles. The lowest BCUT2D eigenvalue weighted by Crippen LogP contribution is -2.34. The summed E-state index contributed by atoms with van der Waals surface area (Å²) >= 11 is 0. The Morgan fingerprint density at radius 2 is 1.57 bits per heavy atom. The van der Waals surface area contributed by atoms with Crippen molar-refractivity contribution < 1.29 is 18.0 Å². The molecule has 0 fully saturated rings. The second-order valence-electron chi connectivity index (χ2n) is 4.27. The third-order valence-electron chi connectivity index (χ3n) is 2.52. The van der Waals surface area contributed by atoms with Crippen molar-refractivity contribution in [1.29, 1.82) is 0 Å². The number of benzene rings is 2. The van der Waals surface area contributed by atoms with Crippen LogP contribution in [-0.2, 0) is 18.6 Å². The van der Waals surface area contributed by atoms with E-state index in [-0.39, 0.29) is 10.6 Å². The molecule has 2 radical (unpaired) electrons. The van der Waals surface area contributed by atoms with E-state index in [4.69, 9.17) is 10.7 Å². The molecule has 2 aromatic carbocycles. The average molecular weight is 352 g/mol. The molecule has 2 aromatic rings. The highest BCUT2D eigenvalue weighted by Crippen LogP contribution is 2.27. The quantitative estimate of drug-likeness (QED) is 0.780. The van der Waals surface area contributed by atoms with Gasteiger partial charge in [0.25, 0.3) is 9.05 Å². The van der Waals surface area contributed by atoms with Gasteiger partial charge in [-0.3, -0.25) is 9.59 Å². The largest absolute Gasteiger partial charge is 0.274 e. The summed E-state index contributed by atoms with van der Waals surface area (Å²) < 4.78 is 22.6. The topological polar surface area (TPSA) is 71.5 Å². The van der Waals surface area contributed by atoms with Gasteiger partial charge in [-0.1, -0.05) is 42.5 Å². The molecule has 23 heavy (non-hydrogen) atoms. The van der Waals surface area contributed by atoms with Crippen molar-refractivity contribution in [2.45, 2.75) is 18.7 Å². The number of anilines is 1. The molecule has 120 valence electrons. The summed E-state index contributed by atoms with van der Waals surface area (Å²) in [4.78, 5) is 23.0. The fraction of sp³-hybridized carbons (Fsp3) is 0.125. The van der Waals surface area contributed by atoms with Crippen LogP contribution >= 0.6 is 10.7 Å². The van der Waals surface area contributed by atoms with Crippen LogP contribution in [0.25, 0.3) is 0 Å². The Morgan fingerprint density at radius 3 is 1.91 bits per heavy atom. The lowest BCUT2D eigenvalue weighted by Gasteiger charge is -2.18. The first-order chi connectivity index (χ1) is 10.7. The van der Waals surface area contributed by atoms with Gasteiger partial charge in [0.2, 0.25) is 11.8 Å². The third kappa shape index (κ3) is 5.84. The van der Waals surface area contributed by atoms with Crippen LogP contribution in [0.1, 0.15) is 13.8 Å². The Hall–Kier alpha value is -2.18. The molecule has 0 atom stereocenters. The lowest BCUT2D eigenvalue weighted by molar-refractivity contribution is -0.124. The van der Waals surface area contributed by atoms with Crippen molar-refractivity contribution in [3.63, 3.8) is 0 Å².